The summed E-state index contributed by atoms with van der Waals surface area (Å²) >= 11 is 0. The van der Waals surface area contributed by atoms with Crippen molar-refractivity contribution in [1.82, 2.24) is 0 Å². The fourth-order valence-electron chi connectivity index (χ4n) is 1.82. The standard InChI is InChI=1S/C14H19N3O/c15-14(17-13-4-2-1-3-5-13)16-9-6-12-7-10-18-11-8-12/h1-5,7H,6,8-11H2,(H3,15,16,17). The molecule has 96 valence electrons. The molecule has 0 amide bonds. The lowest BCUT2D eigenvalue weighted by molar-refractivity contribution is 0.153. The smallest absolute Gasteiger partial charge is 0.193 e. The van der Waals surface area contributed by atoms with Crippen molar-refractivity contribution in [3.8, 4) is 0 Å². The van der Waals surface area contributed by atoms with E-state index in [1.54, 1.807) is 0 Å². The van der Waals surface area contributed by atoms with E-state index in [-0.39, 0.29) is 0 Å². The maximum atomic E-state index is 5.82. The molecular formula is C14H19N3O. The van der Waals surface area contributed by atoms with E-state index < -0.39 is 0 Å². The van der Waals surface area contributed by atoms with Crippen LogP contribution in [0.2, 0.25) is 0 Å². The van der Waals surface area contributed by atoms with Crippen molar-refractivity contribution in [2.75, 3.05) is 25.1 Å². The summed E-state index contributed by atoms with van der Waals surface area (Å²) in [5, 5.41) is 3.06. The molecule has 1 heterocycles. The number of anilines is 1. The summed E-state index contributed by atoms with van der Waals surface area (Å²) in [5.74, 6) is 0.467. The monoisotopic (exact) mass is 245 g/mol. The summed E-state index contributed by atoms with van der Waals surface area (Å²) in [7, 11) is 0. The maximum Gasteiger partial charge on any atom is 0.193 e. The molecule has 18 heavy (non-hydrogen) atoms. The Kier molecular flexibility index (Phi) is 4.78. The fraction of sp³-hybridized carbons (Fsp3) is 0.357. The molecule has 0 saturated heterocycles. The Balaban J connectivity index is 1.77. The van der Waals surface area contributed by atoms with Gasteiger partial charge >= 0.3 is 0 Å². The van der Waals surface area contributed by atoms with Gasteiger partial charge in [0.05, 0.1) is 13.2 Å². The van der Waals surface area contributed by atoms with Gasteiger partial charge in [-0.05, 0) is 25.0 Å². The van der Waals surface area contributed by atoms with E-state index in [4.69, 9.17) is 10.5 Å². The Labute approximate surface area is 108 Å². The molecule has 2 rings (SSSR count). The predicted molar refractivity (Wildman–Crippen MR) is 74.7 cm³/mol. The highest BCUT2D eigenvalue weighted by molar-refractivity contribution is 5.92. The lowest BCUT2D eigenvalue weighted by atomic mass is 10.1. The second kappa shape index (κ2) is 6.81. The number of benzene rings is 1. The van der Waals surface area contributed by atoms with Crippen LogP contribution in [0.5, 0.6) is 0 Å². The second-order valence-electron chi connectivity index (χ2n) is 4.20. The number of ether oxygens (including phenoxy) is 1. The maximum absolute atomic E-state index is 5.82. The Morgan fingerprint density at radius 2 is 2.17 bits per heavy atom. The minimum atomic E-state index is 0.467. The van der Waals surface area contributed by atoms with E-state index in [1.165, 1.54) is 5.57 Å². The van der Waals surface area contributed by atoms with Crippen molar-refractivity contribution >= 4 is 11.6 Å². The zero-order valence-electron chi connectivity index (χ0n) is 10.4. The summed E-state index contributed by atoms with van der Waals surface area (Å²) in [6.45, 7) is 2.28. The van der Waals surface area contributed by atoms with Gasteiger partial charge in [-0.15, -0.1) is 0 Å². The van der Waals surface area contributed by atoms with E-state index in [9.17, 15) is 0 Å². The highest BCUT2D eigenvalue weighted by Gasteiger charge is 2.02. The molecule has 0 aromatic heterocycles. The molecule has 0 fully saturated rings. The van der Waals surface area contributed by atoms with Gasteiger partial charge in [-0.25, -0.2) is 0 Å². The molecule has 0 saturated carbocycles. The Bertz CT molecular complexity index is 426. The summed E-state index contributed by atoms with van der Waals surface area (Å²) in [6, 6.07) is 9.81. The van der Waals surface area contributed by atoms with Gasteiger partial charge in [0.15, 0.2) is 5.96 Å². The van der Waals surface area contributed by atoms with E-state index in [1.807, 2.05) is 30.3 Å². The van der Waals surface area contributed by atoms with Gasteiger partial charge in [0.1, 0.15) is 0 Å². The number of nitrogens with one attached hydrogen (secondary N) is 1. The van der Waals surface area contributed by atoms with Crippen LogP contribution < -0.4 is 11.1 Å². The number of nitrogens with zero attached hydrogens (tertiary/aromatic N) is 1. The van der Waals surface area contributed by atoms with Gasteiger partial charge in [0.25, 0.3) is 0 Å². The Morgan fingerprint density at radius 3 is 2.89 bits per heavy atom. The van der Waals surface area contributed by atoms with Crippen LogP contribution in [-0.4, -0.2) is 25.7 Å². The van der Waals surface area contributed by atoms with Crippen LogP contribution in [0.25, 0.3) is 0 Å². The molecule has 1 aliphatic heterocycles. The summed E-state index contributed by atoms with van der Waals surface area (Å²) < 4.78 is 5.26. The quantitative estimate of drug-likeness (QED) is 0.485. The first-order chi connectivity index (χ1) is 8.84. The third-order valence-corrected chi connectivity index (χ3v) is 2.82. The lowest BCUT2D eigenvalue weighted by Crippen LogP contribution is -2.22. The molecule has 3 N–H and O–H groups in total. The third kappa shape index (κ3) is 4.22. The van der Waals surface area contributed by atoms with E-state index in [0.717, 1.165) is 38.3 Å². The molecule has 0 aliphatic carbocycles. The van der Waals surface area contributed by atoms with Crippen LogP contribution in [0, 0.1) is 0 Å². The predicted octanol–water partition coefficient (Wildman–Crippen LogP) is 2.15. The van der Waals surface area contributed by atoms with Crippen LogP contribution in [-0.2, 0) is 4.74 Å². The van der Waals surface area contributed by atoms with Crippen LogP contribution in [0.1, 0.15) is 12.8 Å². The van der Waals surface area contributed by atoms with Gasteiger partial charge in [0.2, 0.25) is 0 Å². The minimum absolute atomic E-state index is 0.467. The molecule has 4 heteroatoms. The Morgan fingerprint density at radius 1 is 1.33 bits per heavy atom. The van der Waals surface area contributed by atoms with Crippen LogP contribution in [0.15, 0.2) is 47.0 Å². The van der Waals surface area contributed by atoms with E-state index in [0.29, 0.717) is 5.96 Å². The first-order valence-electron chi connectivity index (χ1n) is 6.22. The number of nitrogens with two attached hydrogens (primary N) is 1. The van der Waals surface area contributed by atoms with Crippen molar-refractivity contribution in [2.24, 2.45) is 10.7 Å². The number of rotatable bonds is 4. The number of aliphatic imine (C=N–C) groups is 1. The normalized spacial score (nSPS) is 16.2. The molecule has 1 aliphatic rings. The number of hydrogen-bond donors (Lipinski definition) is 2. The van der Waals surface area contributed by atoms with Crippen LogP contribution >= 0.6 is 0 Å². The molecule has 0 atom stereocenters. The summed E-state index contributed by atoms with van der Waals surface area (Å²) in [6.07, 6.45) is 4.11. The number of guanidine groups is 1. The minimum Gasteiger partial charge on any atom is -0.377 e. The second-order valence-corrected chi connectivity index (χ2v) is 4.20. The summed E-state index contributed by atoms with van der Waals surface area (Å²) in [4.78, 5) is 4.32. The van der Waals surface area contributed by atoms with Crippen LogP contribution in [0.3, 0.4) is 0 Å². The number of hydrogen-bond acceptors (Lipinski definition) is 2. The SMILES string of the molecule is NC(=NCCC1=CCOCC1)Nc1ccccc1. The fourth-order valence-corrected chi connectivity index (χ4v) is 1.82. The molecule has 0 unspecified atom stereocenters. The highest BCUT2D eigenvalue weighted by atomic mass is 16.5. The zero-order chi connectivity index (χ0) is 12.6. The molecular weight excluding hydrogens is 226 g/mol. The molecule has 1 aromatic carbocycles. The van der Waals surface area contributed by atoms with Crippen molar-refractivity contribution in [1.29, 1.82) is 0 Å². The third-order valence-electron chi connectivity index (χ3n) is 2.82. The average molecular weight is 245 g/mol. The van der Waals surface area contributed by atoms with Crippen molar-refractivity contribution in [2.45, 2.75) is 12.8 Å². The van der Waals surface area contributed by atoms with E-state index in [2.05, 4.69) is 16.4 Å². The molecule has 0 spiro atoms. The van der Waals surface area contributed by atoms with Gasteiger partial charge in [0, 0.05) is 12.2 Å². The topological polar surface area (TPSA) is 59.6 Å². The number of para-hydroxylation sites is 1. The molecule has 1 aromatic rings. The van der Waals surface area contributed by atoms with Gasteiger partial charge in [-0.2, -0.15) is 0 Å². The molecule has 0 radical (unpaired) electrons. The van der Waals surface area contributed by atoms with Crippen LogP contribution in [0.4, 0.5) is 5.69 Å². The molecule has 4 nitrogen and oxygen atoms in total. The van der Waals surface area contributed by atoms with Gasteiger partial charge < -0.3 is 15.8 Å². The van der Waals surface area contributed by atoms with Gasteiger partial charge in [-0.1, -0.05) is 29.8 Å². The van der Waals surface area contributed by atoms with Crippen molar-refractivity contribution < 1.29 is 4.74 Å². The summed E-state index contributed by atoms with van der Waals surface area (Å²) in [5.41, 5.74) is 8.19. The van der Waals surface area contributed by atoms with Crippen molar-refractivity contribution in [3.63, 3.8) is 0 Å². The van der Waals surface area contributed by atoms with Crippen molar-refractivity contribution in [3.05, 3.63) is 42.0 Å². The lowest BCUT2D eigenvalue weighted by Gasteiger charge is -2.12. The first-order valence-corrected chi connectivity index (χ1v) is 6.22. The Hall–Kier alpha value is -1.81. The highest BCUT2D eigenvalue weighted by Crippen LogP contribution is 2.11. The zero-order valence-corrected chi connectivity index (χ0v) is 10.4. The first kappa shape index (κ1) is 12.6. The average Bonchev–Trinajstić information content (AvgIpc) is 2.41. The molecule has 0 bridgehead atoms. The largest absolute Gasteiger partial charge is 0.377 e. The van der Waals surface area contributed by atoms with E-state index >= 15 is 0 Å². The van der Waals surface area contributed by atoms with Gasteiger partial charge in [-0.3, -0.25) is 4.99 Å².